The molecule has 3 aromatic rings. The molecule has 3 heteroatoms. The molecule has 0 bridgehead atoms. The highest BCUT2D eigenvalue weighted by molar-refractivity contribution is 7.98. The molecule has 0 aliphatic carbocycles. The van der Waals surface area contributed by atoms with E-state index in [4.69, 9.17) is 4.74 Å². The first kappa shape index (κ1) is 16.2. The Bertz CT molecular complexity index is 947. The van der Waals surface area contributed by atoms with Crippen LogP contribution in [-0.2, 0) is 0 Å². The molecular weight excluding hydrogens is 316 g/mol. The Morgan fingerprint density at radius 2 is 1.67 bits per heavy atom. The van der Waals surface area contributed by atoms with Gasteiger partial charge >= 0.3 is 0 Å². The lowest BCUT2D eigenvalue weighted by atomic mass is 10.0. The maximum Gasteiger partial charge on any atom is 0.236 e. The third-order valence-corrected chi connectivity index (χ3v) is 4.50. The number of benzene rings is 3. The minimum Gasteiger partial charge on any atom is -0.496 e. The van der Waals surface area contributed by atoms with Crippen LogP contribution in [0.3, 0.4) is 0 Å². The Hall–Kier alpha value is -2.70. The van der Waals surface area contributed by atoms with Gasteiger partial charge in [0, 0.05) is 21.4 Å². The smallest absolute Gasteiger partial charge is 0.236 e. The Morgan fingerprint density at radius 3 is 2.33 bits per heavy atom. The van der Waals surface area contributed by atoms with Crippen LogP contribution in [0.1, 0.15) is 15.9 Å². The summed E-state index contributed by atoms with van der Waals surface area (Å²) in [5.74, 6) is 6.25. The van der Waals surface area contributed by atoms with Crippen LogP contribution in [0.25, 0.3) is 10.8 Å². The van der Waals surface area contributed by atoms with Gasteiger partial charge in [0.15, 0.2) is 0 Å². The molecule has 0 N–H and O–H groups in total. The molecule has 24 heavy (non-hydrogen) atoms. The van der Waals surface area contributed by atoms with Crippen molar-refractivity contribution in [2.75, 3.05) is 13.4 Å². The second kappa shape index (κ2) is 7.25. The van der Waals surface area contributed by atoms with Crippen LogP contribution in [0.2, 0.25) is 0 Å². The molecule has 0 atom stereocenters. The highest BCUT2D eigenvalue weighted by Crippen LogP contribution is 2.28. The van der Waals surface area contributed by atoms with Gasteiger partial charge in [-0.1, -0.05) is 30.2 Å². The van der Waals surface area contributed by atoms with E-state index < -0.39 is 0 Å². The van der Waals surface area contributed by atoms with Gasteiger partial charge in [-0.2, -0.15) is 0 Å². The van der Waals surface area contributed by atoms with Crippen molar-refractivity contribution in [1.29, 1.82) is 0 Å². The standard InChI is InChI=1S/C21H16O2S/c1-23-21-14-12-18(17-5-3-4-6-19(17)21)20(22)13-9-15-7-10-16(24-2)11-8-15/h3-8,10-12,14H,1-2H3. The predicted octanol–water partition coefficient (Wildman–Crippen LogP) is 4.80. The zero-order valence-electron chi connectivity index (χ0n) is 13.5. The summed E-state index contributed by atoms with van der Waals surface area (Å²) in [6, 6.07) is 19.1. The number of ketones is 1. The predicted molar refractivity (Wildman–Crippen MR) is 99.9 cm³/mol. The SMILES string of the molecule is COc1ccc(C(=O)C#Cc2ccc(SC)cc2)c2ccccc12. The van der Waals surface area contributed by atoms with E-state index in [1.54, 1.807) is 24.9 Å². The number of carbonyl (C=O) groups is 1. The van der Waals surface area contributed by atoms with E-state index >= 15 is 0 Å². The summed E-state index contributed by atoms with van der Waals surface area (Å²) < 4.78 is 5.36. The van der Waals surface area contributed by atoms with Crippen molar-refractivity contribution in [2.24, 2.45) is 0 Å². The van der Waals surface area contributed by atoms with E-state index in [1.807, 2.05) is 60.9 Å². The van der Waals surface area contributed by atoms with E-state index in [0.717, 1.165) is 22.1 Å². The topological polar surface area (TPSA) is 26.3 Å². The fraction of sp³-hybridized carbons (Fsp3) is 0.0952. The van der Waals surface area contributed by atoms with E-state index in [-0.39, 0.29) is 5.78 Å². The summed E-state index contributed by atoms with van der Waals surface area (Å²) in [7, 11) is 1.63. The molecule has 0 aliphatic heterocycles. The van der Waals surface area contributed by atoms with Gasteiger partial charge in [-0.05, 0) is 54.0 Å². The first-order chi connectivity index (χ1) is 11.7. The van der Waals surface area contributed by atoms with Crippen molar-refractivity contribution in [3.05, 3.63) is 71.8 Å². The number of hydrogen-bond acceptors (Lipinski definition) is 3. The number of ether oxygens (including phenoxy) is 1. The van der Waals surface area contributed by atoms with Gasteiger partial charge in [-0.3, -0.25) is 4.79 Å². The first-order valence-corrected chi connectivity index (χ1v) is 8.71. The molecule has 0 radical (unpaired) electrons. The van der Waals surface area contributed by atoms with Crippen LogP contribution >= 0.6 is 11.8 Å². The number of fused-ring (bicyclic) bond motifs is 1. The molecule has 0 amide bonds. The third kappa shape index (κ3) is 3.29. The Morgan fingerprint density at radius 1 is 0.958 bits per heavy atom. The highest BCUT2D eigenvalue weighted by atomic mass is 32.2. The van der Waals surface area contributed by atoms with Gasteiger partial charge in [0.25, 0.3) is 0 Å². The molecule has 3 aromatic carbocycles. The Labute approximate surface area is 145 Å². The second-order valence-electron chi connectivity index (χ2n) is 5.17. The lowest BCUT2D eigenvalue weighted by Gasteiger charge is -2.07. The normalized spacial score (nSPS) is 10.1. The summed E-state index contributed by atoms with van der Waals surface area (Å²) in [6.45, 7) is 0. The summed E-state index contributed by atoms with van der Waals surface area (Å²) >= 11 is 1.68. The summed E-state index contributed by atoms with van der Waals surface area (Å²) in [5, 5.41) is 1.77. The van der Waals surface area contributed by atoms with Crippen LogP contribution in [0.4, 0.5) is 0 Å². The average molecular weight is 332 g/mol. The maximum atomic E-state index is 12.5. The average Bonchev–Trinajstić information content (AvgIpc) is 2.65. The number of hydrogen-bond donors (Lipinski definition) is 0. The van der Waals surface area contributed by atoms with E-state index in [2.05, 4.69) is 11.8 Å². The maximum absolute atomic E-state index is 12.5. The minimum atomic E-state index is -0.192. The van der Waals surface area contributed by atoms with Crippen LogP contribution in [0.15, 0.2) is 65.6 Å². The lowest BCUT2D eigenvalue weighted by Crippen LogP contribution is -1.98. The summed E-state index contributed by atoms with van der Waals surface area (Å²) in [4.78, 5) is 13.7. The van der Waals surface area contributed by atoms with Gasteiger partial charge < -0.3 is 4.74 Å². The number of carbonyl (C=O) groups excluding carboxylic acids is 1. The van der Waals surface area contributed by atoms with Gasteiger partial charge in [0.2, 0.25) is 5.78 Å². The highest BCUT2D eigenvalue weighted by Gasteiger charge is 2.10. The van der Waals surface area contributed by atoms with Crippen LogP contribution < -0.4 is 4.74 Å². The van der Waals surface area contributed by atoms with Gasteiger partial charge in [-0.15, -0.1) is 11.8 Å². The van der Waals surface area contributed by atoms with Crippen LogP contribution in [0, 0.1) is 11.8 Å². The van der Waals surface area contributed by atoms with Gasteiger partial charge in [0.05, 0.1) is 7.11 Å². The molecule has 0 saturated heterocycles. The molecule has 0 heterocycles. The third-order valence-electron chi connectivity index (χ3n) is 3.76. The van der Waals surface area contributed by atoms with Crippen molar-refractivity contribution >= 4 is 28.3 Å². The molecule has 0 saturated carbocycles. The minimum absolute atomic E-state index is 0.192. The first-order valence-electron chi connectivity index (χ1n) is 7.49. The van der Waals surface area contributed by atoms with E-state index in [0.29, 0.717) is 5.56 Å². The molecule has 0 unspecified atom stereocenters. The lowest BCUT2D eigenvalue weighted by molar-refractivity contribution is 0.105. The molecule has 0 spiro atoms. The molecule has 0 aromatic heterocycles. The van der Waals surface area contributed by atoms with Gasteiger partial charge in [0.1, 0.15) is 5.75 Å². The zero-order valence-corrected chi connectivity index (χ0v) is 14.3. The number of thioether (sulfide) groups is 1. The van der Waals surface area contributed by atoms with Crippen LogP contribution in [-0.4, -0.2) is 19.1 Å². The Kier molecular flexibility index (Phi) is 4.88. The summed E-state index contributed by atoms with van der Waals surface area (Å²) in [6.07, 6.45) is 2.03. The van der Waals surface area contributed by atoms with Gasteiger partial charge in [-0.25, -0.2) is 0 Å². The number of rotatable bonds is 3. The molecule has 118 valence electrons. The Balaban J connectivity index is 1.96. The molecule has 0 aliphatic rings. The van der Waals surface area contributed by atoms with Crippen molar-refractivity contribution < 1.29 is 9.53 Å². The molecule has 3 rings (SSSR count). The zero-order chi connectivity index (χ0) is 16.9. The molecular formula is C21H16O2S. The fourth-order valence-electron chi connectivity index (χ4n) is 2.52. The second-order valence-corrected chi connectivity index (χ2v) is 6.05. The molecule has 2 nitrogen and oxygen atoms in total. The largest absolute Gasteiger partial charge is 0.496 e. The van der Waals surface area contributed by atoms with Crippen molar-refractivity contribution in [2.45, 2.75) is 4.90 Å². The van der Waals surface area contributed by atoms with Crippen molar-refractivity contribution in [3.8, 4) is 17.6 Å². The summed E-state index contributed by atoms with van der Waals surface area (Å²) in [5.41, 5.74) is 1.43. The van der Waals surface area contributed by atoms with Crippen molar-refractivity contribution in [1.82, 2.24) is 0 Å². The number of methoxy groups -OCH3 is 1. The van der Waals surface area contributed by atoms with E-state index in [1.165, 1.54) is 4.90 Å². The fourth-order valence-corrected chi connectivity index (χ4v) is 2.93. The molecule has 0 fully saturated rings. The quantitative estimate of drug-likeness (QED) is 0.391. The monoisotopic (exact) mass is 332 g/mol. The van der Waals surface area contributed by atoms with E-state index in [9.17, 15) is 4.79 Å². The van der Waals surface area contributed by atoms with Crippen LogP contribution in [0.5, 0.6) is 5.75 Å². The number of Topliss-reactive ketones (excluding diaryl/α,β-unsaturated/α-hetero) is 1. The van der Waals surface area contributed by atoms with Crippen molar-refractivity contribution in [3.63, 3.8) is 0 Å².